The third kappa shape index (κ3) is 3.59. The number of furan rings is 1. The second kappa shape index (κ2) is 7.51. The Hall–Kier alpha value is -3.54. The maximum atomic E-state index is 6.48. The Morgan fingerprint density at radius 2 is 1.21 bits per heavy atom. The summed E-state index contributed by atoms with van der Waals surface area (Å²) < 4.78 is 28.7. The predicted molar refractivity (Wildman–Crippen MR) is 127 cm³/mol. The van der Waals surface area contributed by atoms with E-state index in [0.29, 0.717) is 13.2 Å². The molecule has 164 valence electrons. The number of rotatable bonds is 7. The van der Waals surface area contributed by atoms with E-state index in [2.05, 4.69) is 42.5 Å². The van der Waals surface area contributed by atoms with Gasteiger partial charge in [0.25, 0.3) is 0 Å². The van der Waals surface area contributed by atoms with Crippen LogP contribution in [0.5, 0.6) is 11.5 Å². The van der Waals surface area contributed by atoms with E-state index in [1.54, 1.807) is 0 Å². The molecule has 0 saturated carbocycles. The maximum Gasteiger partial charge on any atom is 0.143 e. The Bertz CT molecular complexity index is 1480. The Balaban J connectivity index is 1.33. The van der Waals surface area contributed by atoms with Gasteiger partial charge in [0.15, 0.2) is 0 Å². The summed E-state index contributed by atoms with van der Waals surface area (Å²) in [5.41, 5.74) is 1.88. The summed E-state index contributed by atoms with van der Waals surface area (Å²) in [7, 11) is 0. The highest BCUT2D eigenvalue weighted by Gasteiger charge is 2.24. The molecular formula is C28H22O5. The average molecular weight is 438 g/mol. The third-order valence-corrected chi connectivity index (χ3v) is 6.29. The lowest BCUT2D eigenvalue weighted by Gasteiger charge is -2.09. The molecule has 0 amide bonds. The molecule has 7 rings (SSSR count). The van der Waals surface area contributed by atoms with Crippen molar-refractivity contribution in [2.24, 2.45) is 0 Å². The first-order valence-electron chi connectivity index (χ1n) is 11.3. The van der Waals surface area contributed by atoms with Crippen LogP contribution in [0.15, 0.2) is 77.2 Å². The summed E-state index contributed by atoms with van der Waals surface area (Å²) in [5.74, 6) is 2.49. The topological polar surface area (TPSA) is 56.7 Å². The number of epoxide rings is 2. The second-order valence-electron chi connectivity index (χ2n) is 8.66. The van der Waals surface area contributed by atoms with Crippen molar-refractivity contribution in [1.82, 2.24) is 0 Å². The lowest BCUT2D eigenvalue weighted by molar-refractivity contribution is 0.263. The number of hydrogen-bond donors (Lipinski definition) is 0. The Morgan fingerprint density at radius 1 is 0.636 bits per heavy atom. The summed E-state index contributed by atoms with van der Waals surface area (Å²) in [6.45, 7) is 2.74. The normalized spacial score (nSPS) is 19.3. The zero-order valence-electron chi connectivity index (χ0n) is 18.0. The highest BCUT2D eigenvalue weighted by molar-refractivity contribution is 6.24. The van der Waals surface area contributed by atoms with E-state index in [4.69, 9.17) is 23.4 Å². The van der Waals surface area contributed by atoms with E-state index < -0.39 is 0 Å². The Labute approximate surface area is 190 Å². The van der Waals surface area contributed by atoms with Gasteiger partial charge in [-0.15, -0.1) is 0 Å². The van der Waals surface area contributed by atoms with E-state index in [0.717, 1.165) is 57.8 Å². The fourth-order valence-corrected chi connectivity index (χ4v) is 4.34. The van der Waals surface area contributed by atoms with Crippen molar-refractivity contribution in [3.63, 3.8) is 0 Å². The van der Waals surface area contributed by atoms with Crippen molar-refractivity contribution < 1.29 is 23.4 Å². The quantitative estimate of drug-likeness (QED) is 0.232. The summed E-state index contributed by atoms with van der Waals surface area (Å²) in [5, 5.41) is 5.69. The van der Waals surface area contributed by atoms with Gasteiger partial charge in [-0.2, -0.15) is 0 Å². The number of benzene rings is 4. The van der Waals surface area contributed by atoms with Gasteiger partial charge in [0.1, 0.15) is 48.3 Å². The van der Waals surface area contributed by atoms with Gasteiger partial charge in [-0.05, 0) is 64.7 Å². The molecule has 1 aromatic heterocycles. The average Bonchev–Trinajstić information content (AvgIpc) is 3.80. The minimum atomic E-state index is 0.219. The largest absolute Gasteiger partial charge is 0.491 e. The van der Waals surface area contributed by atoms with Gasteiger partial charge in [-0.3, -0.25) is 0 Å². The summed E-state index contributed by atoms with van der Waals surface area (Å²) in [4.78, 5) is 0. The summed E-state index contributed by atoms with van der Waals surface area (Å²) in [6.07, 6.45) is 0.462. The molecule has 4 aromatic carbocycles. The van der Waals surface area contributed by atoms with Crippen LogP contribution in [0.25, 0.3) is 43.8 Å². The summed E-state index contributed by atoms with van der Waals surface area (Å²) in [6, 6.07) is 24.9. The lowest BCUT2D eigenvalue weighted by atomic mass is 9.98. The van der Waals surface area contributed by atoms with E-state index in [-0.39, 0.29) is 12.2 Å². The van der Waals surface area contributed by atoms with Crippen LogP contribution in [-0.2, 0) is 9.47 Å². The smallest absolute Gasteiger partial charge is 0.143 e. The molecule has 2 aliphatic rings. The summed E-state index contributed by atoms with van der Waals surface area (Å²) >= 11 is 0. The molecule has 33 heavy (non-hydrogen) atoms. The lowest BCUT2D eigenvalue weighted by Crippen LogP contribution is -2.03. The monoisotopic (exact) mass is 438 g/mol. The van der Waals surface area contributed by atoms with Crippen molar-refractivity contribution in [2.75, 3.05) is 26.4 Å². The molecule has 0 aliphatic carbocycles. The van der Waals surface area contributed by atoms with Crippen molar-refractivity contribution in [3.05, 3.63) is 72.8 Å². The molecule has 2 fully saturated rings. The molecule has 5 aromatic rings. The van der Waals surface area contributed by atoms with Crippen LogP contribution in [-0.4, -0.2) is 38.6 Å². The van der Waals surface area contributed by atoms with Crippen molar-refractivity contribution in [3.8, 4) is 22.8 Å². The number of hydrogen-bond acceptors (Lipinski definition) is 5. The zero-order valence-corrected chi connectivity index (χ0v) is 18.0. The van der Waals surface area contributed by atoms with Crippen molar-refractivity contribution in [1.29, 1.82) is 0 Å². The fraction of sp³-hybridized carbons (Fsp3) is 0.214. The van der Waals surface area contributed by atoms with Gasteiger partial charge in [0.2, 0.25) is 0 Å². The molecule has 0 spiro atoms. The molecule has 3 heterocycles. The third-order valence-electron chi connectivity index (χ3n) is 6.29. The van der Waals surface area contributed by atoms with Gasteiger partial charge in [-0.25, -0.2) is 0 Å². The molecule has 2 aliphatic heterocycles. The van der Waals surface area contributed by atoms with Crippen LogP contribution in [0.1, 0.15) is 0 Å². The van der Waals surface area contributed by atoms with E-state index in [9.17, 15) is 0 Å². The van der Waals surface area contributed by atoms with Crippen LogP contribution < -0.4 is 9.47 Å². The van der Waals surface area contributed by atoms with Gasteiger partial charge < -0.3 is 23.4 Å². The van der Waals surface area contributed by atoms with Gasteiger partial charge in [-0.1, -0.05) is 24.3 Å². The molecule has 2 saturated heterocycles. The molecule has 0 bridgehead atoms. The molecule has 2 atom stereocenters. The first kappa shape index (κ1) is 19.0. The first-order valence-corrected chi connectivity index (χ1v) is 11.3. The Kier molecular flexibility index (Phi) is 4.32. The SMILES string of the molecule is c1ccc2c(c1)c1ccc(OCC3CO3)cc1c1oc(-c3ccc(OCC4CO4)cc3)cc21. The molecular weight excluding hydrogens is 416 g/mol. The van der Waals surface area contributed by atoms with Gasteiger partial charge in [0, 0.05) is 16.3 Å². The second-order valence-corrected chi connectivity index (χ2v) is 8.66. The van der Waals surface area contributed by atoms with Crippen molar-refractivity contribution in [2.45, 2.75) is 12.2 Å². The number of ether oxygens (including phenoxy) is 4. The van der Waals surface area contributed by atoms with Crippen LogP contribution in [0, 0.1) is 0 Å². The molecule has 0 N–H and O–H groups in total. The van der Waals surface area contributed by atoms with Gasteiger partial charge in [0.05, 0.1) is 13.2 Å². The van der Waals surface area contributed by atoms with Crippen LogP contribution in [0.4, 0.5) is 0 Å². The van der Waals surface area contributed by atoms with E-state index in [1.807, 2.05) is 30.3 Å². The van der Waals surface area contributed by atoms with E-state index >= 15 is 0 Å². The van der Waals surface area contributed by atoms with Gasteiger partial charge >= 0.3 is 0 Å². The highest BCUT2D eigenvalue weighted by Crippen LogP contribution is 2.40. The molecule has 2 unspecified atom stereocenters. The standard InChI is InChI=1S/C28H22O5/c1-2-4-23-22(3-1)24-10-9-19(30-14-21-16-32-21)11-25(24)28-26(23)12-27(33-28)17-5-7-18(8-6-17)29-13-20-15-31-20/h1-12,20-21H,13-16H2. The minimum absolute atomic E-state index is 0.219. The zero-order chi connectivity index (χ0) is 21.8. The van der Waals surface area contributed by atoms with Crippen LogP contribution in [0.2, 0.25) is 0 Å². The molecule has 5 heteroatoms. The minimum Gasteiger partial charge on any atom is -0.491 e. The Morgan fingerprint density at radius 3 is 1.91 bits per heavy atom. The van der Waals surface area contributed by atoms with Crippen LogP contribution in [0.3, 0.4) is 0 Å². The molecule has 0 radical (unpaired) electrons. The van der Waals surface area contributed by atoms with Crippen LogP contribution >= 0.6 is 0 Å². The van der Waals surface area contributed by atoms with Crippen molar-refractivity contribution >= 4 is 32.5 Å². The molecule has 5 nitrogen and oxygen atoms in total. The first-order chi connectivity index (χ1) is 16.3. The predicted octanol–water partition coefficient (Wildman–Crippen LogP) is 5.96. The fourth-order valence-electron chi connectivity index (χ4n) is 4.34. The maximum absolute atomic E-state index is 6.48. The highest BCUT2D eigenvalue weighted by atomic mass is 16.6. The van der Waals surface area contributed by atoms with E-state index in [1.165, 1.54) is 10.8 Å². The number of fused-ring (bicyclic) bond motifs is 6.